The molecule has 0 fully saturated rings. The van der Waals surface area contributed by atoms with Gasteiger partial charge in [0.2, 0.25) is 0 Å². The van der Waals surface area contributed by atoms with Crippen LogP contribution in [0.5, 0.6) is 5.75 Å². The Kier molecular flexibility index (Phi) is 4.26. The van der Waals surface area contributed by atoms with Gasteiger partial charge in [-0.05, 0) is 18.2 Å². The number of nitrogens with two attached hydrogens (primary N) is 1. The summed E-state index contributed by atoms with van der Waals surface area (Å²) in [6.45, 7) is 0. The van der Waals surface area contributed by atoms with Gasteiger partial charge in [0, 0.05) is 6.20 Å². The van der Waals surface area contributed by atoms with Gasteiger partial charge in [-0.15, -0.1) is 0 Å². The van der Waals surface area contributed by atoms with Crippen LogP contribution in [0.4, 0.5) is 11.5 Å². The Morgan fingerprint density at radius 2 is 2.29 bits per heavy atom. The van der Waals surface area contributed by atoms with Gasteiger partial charge in [-0.2, -0.15) is 5.26 Å². The fraction of sp³-hybridized carbons (Fsp3) is 0.0714. The first-order valence-corrected chi connectivity index (χ1v) is 6.24. The molecule has 7 heteroatoms. The lowest BCUT2D eigenvalue weighted by Gasteiger charge is -2.11. The van der Waals surface area contributed by atoms with Crippen LogP contribution in [-0.2, 0) is 0 Å². The van der Waals surface area contributed by atoms with Gasteiger partial charge in [0.25, 0.3) is 5.91 Å². The van der Waals surface area contributed by atoms with E-state index in [9.17, 15) is 4.79 Å². The summed E-state index contributed by atoms with van der Waals surface area (Å²) in [4.78, 5) is 16.0. The van der Waals surface area contributed by atoms with E-state index in [1.165, 1.54) is 19.4 Å². The minimum Gasteiger partial charge on any atom is -0.495 e. The number of aromatic nitrogens is 1. The molecular weight excluding hydrogens is 292 g/mol. The first kappa shape index (κ1) is 14.6. The van der Waals surface area contributed by atoms with Crippen molar-refractivity contribution in [2.45, 2.75) is 0 Å². The molecule has 0 atom stereocenters. The van der Waals surface area contributed by atoms with Crippen LogP contribution in [0.1, 0.15) is 15.9 Å². The first-order valence-electron chi connectivity index (χ1n) is 5.86. The monoisotopic (exact) mass is 302 g/mol. The maximum Gasteiger partial charge on any atom is 0.257 e. The lowest BCUT2D eigenvalue weighted by molar-refractivity contribution is 0.102. The van der Waals surface area contributed by atoms with Gasteiger partial charge in [-0.3, -0.25) is 4.79 Å². The molecule has 0 aliphatic rings. The van der Waals surface area contributed by atoms with Gasteiger partial charge in [-0.25, -0.2) is 4.98 Å². The summed E-state index contributed by atoms with van der Waals surface area (Å²) in [5.41, 5.74) is 6.30. The number of nitrogens with zero attached hydrogens (tertiary/aromatic N) is 2. The van der Waals surface area contributed by atoms with Crippen molar-refractivity contribution in [3.63, 3.8) is 0 Å². The Labute approximate surface area is 126 Å². The number of amides is 1. The summed E-state index contributed by atoms with van der Waals surface area (Å²) in [5, 5.41) is 11.9. The van der Waals surface area contributed by atoms with Gasteiger partial charge in [0.1, 0.15) is 23.3 Å². The minimum absolute atomic E-state index is 0.142. The predicted molar refractivity (Wildman–Crippen MR) is 79.3 cm³/mol. The summed E-state index contributed by atoms with van der Waals surface area (Å²) >= 11 is 5.83. The number of hydrogen-bond donors (Lipinski definition) is 2. The van der Waals surface area contributed by atoms with Crippen LogP contribution in [0, 0.1) is 11.3 Å². The number of nitriles is 1. The average Bonchev–Trinajstić information content (AvgIpc) is 2.50. The molecule has 1 aromatic carbocycles. The van der Waals surface area contributed by atoms with E-state index in [1.54, 1.807) is 18.2 Å². The van der Waals surface area contributed by atoms with E-state index in [2.05, 4.69) is 10.3 Å². The zero-order chi connectivity index (χ0) is 15.4. The van der Waals surface area contributed by atoms with Crippen molar-refractivity contribution < 1.29 is 9.53 Å². The van der Waals surface area contributed by atoms with E-state index in [-0.39, 0.29) is 22.0 Å². The number of halogens is 1. The lowest BCUT2D eigenvalue weighted by Crippen LogP contribution is -2.14. The quantitative estimate of drug-likeness (QED) is 0.907. The number of benzene rings is 1. The SMILES string of the molecule is COc1cccc(C#N)c1NC(=O)c1cnc(N)c(Cl)c1. The maximum atomic E-state index is 12.2. The highest BCUT2D eigenvalue weighted by molar-refractivity contribution is 6.33. The molecule has 0 aliphatic carbocycles. The highest BCUT2D eigenvalue weighted by Gasteiger charge is 2.14. The molecule has 0 spiro atoms. The number of anilines is 2. The molecule has 0 bridgehead atoms. The number of nitrogen functional groups attached to an aromatic ring is 1. The van der Waals surface area contributed by atoms with Crippen LogP contribution in [0.3, 0.4) is 0 Å². The van der Waals surface area contributed by atoms with Crippen molar-refractivity contribution in [1.82, 2.24) is 4.98 Å². The molecule has 3 N–H and O–H groups in total. The molecule has 0 saturated carbocycles. The Hall–Kier alpha value is -2.78. The summed E-state index contributed by atoms with van der Waals surface area (Å²) in [7, 11) is 1.45. The summed E-state index contributed by atoms with van der Waals surface area (Å²) < 4.78 is 5.14. The number of rotatable bonds is 3. The van der Waals surface area contributed by atoms with Crippen LogP contribution in [0.2, 0.25) is 5.02 Å². The molecule has 2 rings (SSSR count). The number of ether oxygens (including phenoxy) is 1. The van der Waals surface area contributed by atoms with Crippen molar-refractivity contribution in [2.24, 2.45) is 0 Å². The summed E-state index contributed by atoms with van der Waals surface area (Å²) in [6, 6.07) is 8.28. The number of para-hydroxylation sites is 1. The number of methoxy groups -OCH3 is 1. The molecule has 2 aromatic rings. The third-order valence-corrected chi connectivity index (χ3v) is 3.04. The van der Waals surface area contributed by atoms with Crippen LogP contribution in [0.15, 0.2) is 30.5 Å². The van der Waals surface area contributed by atoms with Crippen molar-refractivity contribution in [3.05, 3.63) is 46.6 Å². The fourth-order valence-electron chi connectivity index (χ4n) is 1.68. The highest BCUT2D eigenvalue weighted by Crippen LogP contribution is 2.28. The molecule has 0 unspecified atom stereocenters. The van der Waals surface area contributed by atoms with Crippen LogP contribution < -0.4 is 15.8 Å². The largest absolute Gasteiger partial charge is 0.495 e. The molecule has 1 aromatic heterocycles. The number of nitrogens with one attached hydrogen (secondary N) is 1. The lowest BCUT2D eigenvalue weighted by atomic mass is 10.1. The predicted octanol–water partition coefficient (Wildman–Crippen LogP) is 2.45. The van der Waals surface area contributed by atoms with E-state index in [0.717, 1.165) is 0 Å². The molecule has 6 nitrogen and oxygen atoms in total. The number of carbonyl (C=O) groups is 1. The van der Waals surface area contributed by atoms with E-state index < -0.39 is 5.91 Å². The average molecular weight is 303 g/mol. The third kappa shape index (κ3) is 3.04. The highest BCUT2D eigenvalue weighted by atomic mass is 35.5. The van der Waals surface area contributed by atoms with E-state index in [1.807, 2.05) is 6.07 Å². The second-order valence-electron chi connectivity index (χ2n) is 4.04. The van der Waals surface area contributed by atoms with E-state index in [4.69, 9.17) is 27.3 Å². The summed E-state index contributed by atoms with van der Waals surface area (Å²) in [6.07, 6.45) is 1.30. The van der Waals surface area contributed by atoms with Crippen LogP contribution in [0.25, 0.3) is 0 Å². The zero-order valence-electron chi connectivity index (χ0n) is 11.1. The van der Waals surface area contributed by atoms with Gasteiger partial charge < -0.3 is 15.8 Å². The van der Waals surface area contributed by atoms with E-state index in [0.29, 0.717) is 11.4 Å². The number of pyridine rings is 1. The fourth-order valence-corrected chi connectivity index (χ4v) is 1.85. The number of hydrogen-bond acceptors (Lipinski definition) is 5. The molecule has 0 radical (unpaired) electrons. The molecule has 0 aliphatic heterocycles. The van der Waals surface area contributed by atoms with Crippen molar-refractivity contribution in [2.75, 3.05) is 18.2 Å². The Balaban J connectivity index is 2.36. The smallest absolute Gasteiger partial charge is 0.257 e. The molecule has 1 heterocycles. The van der Waals surface area contributed by atoms with Crippen molar-refractivity contribution in [1.29, 1.82) is 5.26 Å². The second kappa shape index (κ2) is 6.11. The van der Waals surface area contributed by atoms with Gasteiger partial charge in [-0.1, -0.05) is 17.7 Å². The Morgan fingerprint density at radius 1 is 1.52 bits per heavy atom. The Bertz CT molecular complexity index is 740. The standard InChI is InChI=1S/C14H11ClN4O2/c1-21-11-4-2-3-8(6-16)12(11)19-14(20)9-5-10(15)13(17)18-7-9/h2-5,7H,1H3,(H2,17,18)(H,19,20). The Morgan fingerprint density at radius 3 is 2.90 bits per heavy atom. The van der Waals surface area contributed by atoms with Crippen LogP contribution in [-0.4, -0.2) is 18.0 Å². The van der Waals surface area contributed by atoms with Gasteiger partial charge in [0.05, 0.1) is 23.3 Å². The normalized spacial score (nSPS) is 9.76. The van der Waals surface area contributed by atoms with E-state index >= 15 is 0 Å². The summed E-state index contributed by atoms with van der Waals surface area (Å²) in [5.74, 6) is 0.0607. The first-order chi connectivity index (χ1) is 10.1. The maximum absolute atomic E-state index is 12.2. The molecule has 0 saturated heterocycles. The third-order valence-electron chi connectivity index (χ3n) is 2.74. The van der Waals surface area contributed by atoms with Gasteiger partial charge >= 0.3 is 0 Å². The minimum atomic E-state index is -0.467. The van der Waals surface area contributed by atoms with Gasteiger partial charge in [0.15, 0.2) is 0 Å². The number of carbonyl (C=O) groups excluding carboxylic acids is 1. The molecular formula is C14H11ClN4O2. The molecule has 21 heavy (non-hydrogen) atoms. The topological polar surface area (TPSA) is 101 Å². The van der Waals surface area contributed by atoms with Crippen molar-refractivity contribution >= 4 is 29.0 Å². The molecule has 1 amide bonds. The van der Waals surface area contributed by atoms with Crippen molar-refractivity contribution in [3.8, 4) is 11.8 Å². The zero-order valence-corrected chi connectivity index (χ0v) is 11.8. The van der Waals surface area contributed by atoms with Crippen LogP contribution >= 0.6 is 11.6 Å². The molecule has 106 valence electrons. The second-order valence-corrected chi connectivity index (χ2v) is 4.45.